The van der Waals surface area contributed by atoms with Crippen molar-refractivity contribution >= 4 is 39.5 Å². The molecule has 4 unspecified atom stereocenters. The third kappa shape index (κ3) is 63.5. The van der Waals surface area contributed by atoms with E-state index in [4.69, 9.17) is 37.0 Å². The van der Waals surface area contributed by atoms with Gasteiger partial charge in [-0.05, 0) is 49.4 Å². The summed E-state index contributed by atoms with van der Waals surface area (Å²) < 4.78 is 68.3. The maximum Gasteiger partial charge on any atom is 0.472 e. The van der Waals surface area contributed by atoms with Crippen LogP contribution in [0.25, 0.3) is 0 Å². The van der Waals surface area contributed by atoms with E-state index in [9.17, 15) is 43.2 Å². The number of aliphatic hydroxyl groups is 1. The van der Waals surface area contributed by atoms with Crippen molar-refractivity contribution in [3.63, 3.8) is 0 Å². The number of ether oxygens (including phenoxy) is 4. The van der Waals surface area contributed by atoms with Gasteiger partial charge in [-0.15, -0.1) is 0 Å². The minimum atomic E-state index is -4.95. The van der Waals surface area contributed by atoms with E-state index in [1.165, 1.54) is 148 Å². The Morgan fingerprint density at radius 2 is 0.533 bits per heavy atom. The molecule has 0 aromatic heterocycles. The Labute approximate surface area is 549 Å². The van der Waals surface area contributed by atoms with Gasteiger partial charge in [-0.2, -0.15) is 0 Å². The van der Waals surface area contributed by atoms with E-state index < -0.39 is 97.5 Å². The maximum absolute atomic E-state index is 13.0. The Bertz CT molecular complexity index is 1780. The number of hydrogen-bond donors (Lipinski definition) is 3. The zero-order chi connectivity index (χ0) is 66.8. The number of unbranched alkanes of at least 4 members (excludes halogenated alkanes) is 33. The van der Waals surface area contributed by atoms with E-state index in [1.54, 1.807) is 0 Å². The summed E-state index contributed by atoms with van der Waals surface area (Å²) in [7, 11) is -9.90. The molecule has 0 aliphatic carbocycles. The average Bonchev–Trinajstić information content (AvgIpc) is 3.66. The van der Waals surface area contributed by atoms with Crippen molar-refractivity contribution in [2.75, 3.05) is 39.6 Å². The smallest absolute Gasteiger partial charge is 0.462 e. The van der Waals surface area contributed by atoms with Gasteiger partial charge in [0.1, 0.15) is 19.3 Å². The molecule has 0 aliphatic heterocycles. The second-order valence-corrected chi connectivity index (χ2v) is 30.2. The quantitative estimate of drug-likeness (QED) is 0.0222. The fourth-order valence-electron chi connectivity index (χ4n) is 10.6. The van der Waals surface area contributed by atoms with Crippen LogP contribution in [0.15, 0.2) is 0 Å². The van der Waals surface area contributed by atoms with Crippen LogP contribution in [0.4, 0.5) is 0 Å². The van der Waals surface area contributed by atoms with Crippen molar-refractivity contribution < 1.29 is 80.2 Å². The summed E-state index contributed by atoms with van der Waals surface area (Å²) in [6.45, 7) is 14.1. The topological polar surface area (TPSA) is 237 Å². The van der Waals surface area contributed by atoms with Gasteiger partial charge in [0.05, 0.1) is 26.4 Å². The molecule has 534 valence electrons. The van der Waals surface area contributed by atoms with Crippen LogP contribution >= 0.6 is 15.6 Å². The summed E-state index contributed by atoms with van der Waals surface area (Å²) in [6, 6.07) is 0. The number of hydrogen-bond acceptors (Lipinski definition) is 15. The summed E-state index contributed by atoms with van der Waals surface area (Å²) in [5.74, 6) is 0.890. The molecule has 0 spiro atoms. The molecule has 0 saturated heterocycles. The number of rotatable bonds is 68. The zero-order valence-corrected chi connectivity index (χ0v) is 60.6. The van der Waals surface area contributed by atoms with Gasteiger partial charge in [0.2, 0.25) is 0 Å². The highest BCUT2D eigenvalue weighted by molar-refractivity contribution is 7.47. The molecule has 0 saturated carbocycles. The number of aliphatic hydroxyl groups excluding tert-OH is 1. The normalized spacial score (nSPS) is 14.6. The van der Waals surface area contributed by atoms with Crippen molar-refractivity contribution in [1.82, 2.24) is 0 Å². The molecule has 17 nitrogen and oxygen atoms in total. The number of carbonyl (C=O) groups is 4. The molecular weight excluding hydrogens is 1190 g/mol. The van der Waals surface area contributed by atoms with Gasteiger partial charge in [0, 0.05) is 25.7 Å². The monoisotopic (exact) mass is 1320 g/mol. The highest BCUT2D eigenvalue weighted by Crippen LogP contribution is 2.45. The zero-order valence-electron chi connectivity index (χ0n) is 58.8. The lowest BCUT2D eigenvalue weighted by Crippen LogP contribution is -2.30. The molecule has 0 rings (SSSR count). The maximum atomic E-state index is 13.0. The standard InChI is InChI=1S/C71H138O17P2/c1-9-64(8)50-42-34-26-18-12-15-21-29-38-46-54-71(76)88-67(58-82-69(74)52-44-36-30-22-25-33-41-49-63(6)7)60-86-90(79,80)84-56-65(72)55-83-89(77,78)85-59-66(87-70(75)53-45-37-28-20-14-11-17-24-32-40-48-62(4)5)57-81-68(73)51-43-35-27-19-13-10-16-23-31-39-47-61(2)3/h61-67,72H,9-60H2,1-8H3,(H,77,78)(H,79,80)/t64?,65?,66-,67-/m1/s1. The Kier molecular flexibility index (Phi) is 59.4. The third-order valence-corrected chi connectivity index (χ3v) is 18.6. The van der Waals surface area contributed by atoms with Crippen molar-refractivity contribution in [3.8, 4) is 0 Å². The van der Waals surface area contributed by atoms with E-state index in [2.05, 4.69) is 55.4 Å². The second-order valence-electron chi connectivity index (χ2n) is 27.3. The highest BCUT2D eigenvalue weighted by atomic mass is 31.2. The highest BCUT2D eigenvalue weighted by Gasteiger charge is 2.30. The molecule has 0 bridgehead atoms. The van der Waals surface area contributed by atoms with Gasteiger partial charge in [0.25, 0.3) is 0 Å². The fraction of sp³-hybridized carbons (Fsp3) is 0.944. The summed E-state index contributed by atoms with van der Waals surface area (Å²) in [6.07, 6.45) is 43.0. The minimum absolute atomic E-state index is 0.105. The molecule has 90 heavy (non-hydrogen) atoms. The van der Waals surface area contributed by atoms with Crippen LogP contribution in [-0.2, 0) is 65.4 Å². The Hall–Kier alpha value is -1.94. The van der Waals surface area contributed by atoms with E-state index in [-0.39, 0.29) is 25.7 Å². The first kappa shape index (κ1) is 88.1. The second kappa shape index (κ2) is 60.7. The van der Waals surface area contributed by atoms with Crippen molar-refractivity contribution in [3.05, 3.63) is 0 Å². The molecule has 0 heterocycles. The largest absolute Gasteiger partial charge is 0.472 e. The molecule has 0 amide bonds. The molecule has 0 aromatic rings. The number of carbonyl (C=O) groups excluding carboxylic acids is 4. The van der Waals surface area contributed by atoms with Gasteiger partial charge in [-0.3, -0.25) is 37.3 Å². The van der Waals surface area contributed by atoms with Gasteiger partial charge in [-0.1, -0.05) is 299 Å². The van der Waals surface area contributed by atoms with Gasteiger partial charge in [-0.25, -0.2) is 9.13 Å². The molecule has 6 atom stereocenters. The van der Waals surface area contributed by atoms with Crippen LogP contribution < -0.4 is 0 Å². The number of phosphoric acid groups is 2. The van der Waals surface area contributed by atoms with Crippen molar-refractivity contribution in [1.29, 1.82) is 0 Å². The average molecular weight is 1330 g/mol. The lowest BCUT2D eigenvalue weighted by Gasteiger charge is -2.21. The lowest BCUT2D eigenvalue weighted by molar-refractivity contribution is -0.161. The molecule has 19 heteroatoms. The molecule has 0 aromatic carbocycles. The Balaban J connectivity index is 5.27. The van der Waals surface area contributed by atoms with Crippen LogP contribution in [0, 0.1) is 23.7 Å². The van der Waals surface area contributed by atoms with Gasteiger partial charge < -0.3 is 33.8 Å². The lowest BCUT2D eigenvalue weighted by atomic mass is 9.99. The summed E-state index contributed by atoms with van der Waals surface area (Å²) in [5, 5.41) is 10.6. The molecular formula is C71H138O17P2. The van der Waals surface area contributed by atoms with E-state index in [0.717, 1.165) is 114 Å². The third-order valence-electron chi connectivity index (χ3n) is 16.7. The Morgan fingerprint density at radius 1 is 0.311 bits per heavy atom. The molecule has 0 fully saturated rings. The van der Waals surface area contributed by atoms with Crippen LogP contribution in [-0.4, -0.2) is 96.7 Å². The fourth-order valence-corrected chi connectivity index (χ4v) is 12.2. The van der Waals surface area contributed by atoms with Gasteiger partial charge >= 0.3 is 39.5 Å². The van der Waals surface area contributed by atoms with Crippen LogP contribution in [0.2, 0.25) is 0 Å². The van der Waals surface area contributed by atoms with E-state index in [1.807, 2.05) is 0 Å². The molecule has 0 radical (unpaired) electrons. The molecule has 0 aliphatic rings. The van der Waals surface area contributed by atoms with Crippen molar-refractivity contribution in [2.24, 2.45) is 23.7 Å². The van der Waals surface area contributed by atoms with E-state index >= 15 is 0 Å². The van der Waals surface area contributed by atoms with Crippen molar-refractivity contribution in [2.45, 2.75) is 369 Å². The Morgan fingerprint density at radius 3 is 0.789 bits per heavy atom. The van der Waals surface area contributed by atoms with Crippen LogP contribution in [0.1, 0.15) is 351 Å². The first-order chi connectivity index (χ1) is 43.1. The number of phosphoric ester groups is 2. The predicted molar refractivity (Wildman–Crippen MR) is 363 cm³/mol. The minimum Gasteiger partial charge on any atom is -0.462 e. The first-order valence-electron chi connectivity index (χ1n) is 36.7. The van der Waals surface area contributed by atoms with E-state index in [0.29, 0.717) is 31.6 Å². The van der Waals surface area contributed by atoms with Crippen LogP contribution in [0.3, 0.4) is 0 Å². The predicted octanol–water partition coefficient (Wildman–Crippen LogP) is 20.1. The summed E-state index contributed by atoms with van der Waals surface area (Å²) in [4.78, 5) is 72.6. The van der Waals surface area contributed by atoms with Gasteiger partial charge in [0.15, 0.2) is 12.2 Å². The molecule has 3 N–H and O–H groups in total. The first-order valence-corrected chi connectivity index (χ1v) is 39.7. The SMILES string of the molecule is CCC(C)CCCCCCCCCCCCC(=O)O[C@H](COC(=O)CCCCCCCCCC(C)C)COP(=O)(O)OCC(O)COP(=O)(O)OC[C@@H](COC(=O)CCCCCCCCCCCCC(C)C)OC(=O)CCCCCCCCCCCCC(C)C. The van der Waals surface area contributed by atoms with Crippen LogP contribution in [0.5, 0.6) is 0 Å². The number of esters is 4. The summed E-state index contributed by atoms with van der Waals surface area (Å²) >= 11 is 0. The summed E-state index contributed by atoms with van der Waals surface area (Å²) in [5.41, 5.74) is 0.